The lowest BCUT2D eigenvalue weighted by Crippen LogP contribution is -2.19. The summed E-state index contributed by atoms with van der Waals surface area (Å²) in [4.78, 5) is 36.5. The van der Waals surface area contributed by atoms with E-state index in [9.17, 15) is 19.5 Å². The van der Waals surface area contributed by atoms with E-state index in [1.165, 1.54) is 14.0 Å². The number of benzene rings is 1. The molecular weight excluding hydrogens is 354 g/mol. The fraction of sp³-hybridized carbons (Fsp3) is 0.211. The van der Waals surface area contributed by atoms with Gasteiger partial charge in [0, 0.05) is 17.8 Å². The third kappa shape index (κ3) is 4.97. The molecule has 142 valence electrons. The van der Waals surface area contributed by atoms with Gasteiger partial charge in [-0.25, -0.2) is 9.59 Å². The number of allylic oxidation sites excluding steroid dienone is 1. The van der Waals surface area contributed by atoms with E-state index in [0.717, 1.165) is 12.1 Å². The van der Waals surface area contributed by atoms with Gasteiger partial charge < -0.3 is 24.3 Å². The summed E-state index contributed by atoms with van der Waals surface area (Å²) in [5.74, 6) is -1.46. The van der Waals surface area contributed by atoms with Crippen molar-refractivity contribution in [3.05, 3.63) is 63.8 Å². The van der Waals surface area contributed by atoms with Crippen LogP contribution >= 0.6 is 0 Å². The monoisotopic (exact) mass is 373 g/mol. The number of rotatable bonds is 7. The van der Waals surface area contributed by atoms with E-state index in [1.54, 1.807) is 31.2 Å². The molecule has 0 aliphatic heterocycles. The summed E-state index contributed by atoms with van der Waals surface area (Å²) in [6.45, 7) is 3.16. The summed E-state index contributed by atoms with van der Waals surface area (Å²) < 4.78 is 14.8. The van der Waals surface area contributed by atoms with Crippen LogP contribution in [0.5, 0.6) is 11.5 Å². The Bertz CT molecular complexity index is 926. The number of hydrogen-bond acceptors (Lipinski definition) is 8. The second-order valence-electron chi connectivity index (χ2n) is 5.40. The van der Waals surface area contributed by atoms with Crippen LogP contribution in [0.3, 0.4) is 0 Å². The molecule has 1 aromatic heterocycles. The molecule has 8 nitrogen and oxygen atoms in total. The Morgan fingerprint density at radius 3 is 2.48 bits per heavy atom. The zero-order chi connectivity index (χ0) is 20.0. The normalized spacial score (nSPS) is 11.0. The third-order valence-corrected chi connectivity index (χ3v) is 3.44. The van der Waals surface area contributed by atoms with Crippen LogP contribution in [-0.4, -0.2) is 30.6 Å². The van der Waals surface area contributed by atoms with Gasteiger partial charge in [-0.15, -0.1) is 0 Å². The highest BCUT2D eigenvalue weighted by Gasteiger charge is 2.20. The number of hydrogen-bond donors (Lipinski definition) is 2. The zero-order valence-electron chi connectivity index (χ0n) is 15.1. The van der Waals surface area contributed by atoms with Crippen LogP contribution in [0.1, 0.15) is 23.0 Å². The quantitative estimate of drug-likeness (QED) is 0.432. The average Bonchev–Trinajstić information content (AvgIpc) is 2.61. The number of ether oxygens (including phenoxy) is 2. The molecule has 0 atom stereocenters. The molecule has 8 heteroatoms. The Kier molecular flexibility index (Phi) is 6.37. The van der Waals surface area contributed by atoms with Crippen molar-refractivity contribution in [2.75, 3.05) is 19.0 Å². The molecular formula is C19H19NO7. The van der Waals surface area contributed by atoms with Gasteiger partial charge in [0.2, 0.25) is 0 Å². The summed E-state index contributed by atoms with van der Waals surface area (Å²) in [6, 6.07) is 7.73. The van der Waals surface area contributed by atoms with Crippen molar-refractivity contribution >= 4 is 17.4 Å². The number of anilines is 1. The standard InChI is InChI=1S/C19H19NO7/c1-4-26-18(23)14(20-12-5-7-13(25-3)8-6-12)10-16(22)17-15(21)9-11(2)27-19(17)24/h5-10,20-21H,4H2,1-3H3/b14-10-. The molecule has 0 saturated heterocycles. The lowest BCUT2D eigenvalue weighted by molar-refractivity contribution is -0.138. The van der Waals surface area contributed by atoms with Crippen molar-refractivity contribution < 1.29 is 28.6 Å². The van der Waals surface area contributed by atoms with Gasteiger partial charge in [-0.2, -0.15) is 0 Å². The number of nitrogens with one attached hydrogen (secondary N) is 1. The molecule has 2 aromatic rings. The first kappa shape index (κ1) is 19.8. The molecule has 0 spiro atoms. The van der Waals surface area contributed by atoms with Crippen molar-refractivity contribution in [1.82, 2.24) is 0 Å². The van der Waals surface area contributed by atoms with Crippen molar-refractivity contribution in [3.8, 4) is 11.5 Å². The van der Waals surface area contributed by atoms with Crippen LogP contribution in [0.15, 0.2) is 51.3 Å². The Balaban J connectivity index is 2.39. The lowest BCUT2D eigenvalue weighted by atomic mass is 10.1. The largest absolute Gasteiger partial charge is 0.507 e. The lowest BCUT2D eigenvalue weighted by Gasteiger charge is -2.11. The van der Waals surface area contributed by atoms with Crippen LogP contribution in [0.25, 0.3) is 0 Å². The minimum atomic E-state index is -0.999. The average molecular weight is 373 g/mol. The second kappa shape index (κ2) is 8.70. The fourth-order valence-corrected chi connectivity index (χ4v) is 2.21. The molecule has 27 heavy (non-hydrogen) atoms. The molecule has 2 N–H and O–H groups in total. The fourth-order valence-electron chi connectivity index (χ4n) is 2.21. The van der Waals surface area contributed by atoms with Crippen LogP contribution in [0, 0.1) is 6.92 Å². The summed E-state index contributed by atoms with van der Waals surface area (Å²) >= 11 is 0. The van der Waals surface area contributed by atoms with Gasteiger partial charge in [-0.3, -0.25) is 4.79 Å². The number of esters is 1. The Hall–Kier alpha value is -3.55. The molecule has 1 aromatic carbocycles. The maximum absolute atomic E-state index is 12.4. The topological polar surface area (TPSA) is 115 Å². The number of aryl methyl sites for hydroxylation is 1. The van der Waals surface area contributed by atoms with Gasteiger partial charge in [0.1, 0.15) is 28.5 Å². The van der Waals surface area contributed by atoms with Crippen LogP contribution in [0.4, 0.5) is 5.69 Å². The molecule has 0 aliphatic carbocycles. The molecule has 0 radical (unpaired) electrons. The molecule has 0 fully saturated rings. The SMILES string of the molecule is CCOC(=O)/C(=C/C(=O)c1c(O)cc(C)oc1=O)Nc1ccc(OC)cc1. The van der Waals surface area contributed by atoms with Crippen molar-refractivity contribution in [2.24, 2.45) is 0 Å². The van der Waals surface area contributed by atoms with E-state index in [1.807, 2.05) is 0 Å². The maximum Gasteiger partial charge on any atom is 0.354 e. The first-order chi connectivity index (χ1) is 12.8. The summed E-state index contributed by atoms with van der Waals surface area (Å²) in [5.41, 5.74) is -1.28. The Labute approximate surface area is 155 Å². The van der Waals surface area contributed by atoms with Gasteiger partial charge in [-0.05, 0) is 38.1 Å². The number of carbonyl (C=O) groups is 2. The molecule has 0 aliphatic rings. The predicted molar refractivity (Wildman–Crippen MR) is 97.0 cm³/mol. The highest BCUT2D eigenvalue weighted by molar-refractivity contribution is 6.10. The van der Waals surface area contributed by atoms with Gasteiger partial charge in [0.05, 0.1) is 13.7 Å². The second-order valence-corrected chi connectivity index (χ2v) is 5.40. The summed E-state index contributed by atoms with van der Waals surface area (Å²) in [5, 5.41) is 12.6. The highest BCUT2D eigenvalue weighted by Crippen LogP contribution is 2.19. The Morgan fingerprint density at radius 2 is 1.93 bits per heavy atom. The van der Waals surface area contributed by atoms with Gasteiger partial charge in [-0.1, -0.05) is 0 Å². The number of methoxy groups -OCH3 is 1. The predicted octanol–water partition coefficient (Wildman–Crippen LogP) is 2.40. The van der Waals surface area contributed by atoms with E-state index in [2.05, 4.69) is 5.32 Å². The van der Waals surface area contributed by atoms with Crippen molar-refractivity contribution in [2.45, 2.75) is 13.8 Å². The van der Waals surface area contributed by atoms with Crippen LogP contribution in [-0.2, 0) is 9.53 Å². The van der Waals surface area contributed by atoms with E-state index >= 15 is 0 Å². The third-order valence-electron chi connectivity index (χ3n) is 3.44. The first-order valence-electron chi connectivity index (χ1n) is 8.03. The van der Waals surface area contributed by atoms with Crippen molar-refractivity contribution in [3.63, 3.8) is 0 Å². The van der Waals surface area contributed by atoms with Crippen LogP contribution in [0.2, 0.25) is 0 Å². The molecule has 1 heterocycles. The van der Waals surface area contributed by atoms with E-state index in [4.69, 9.17) is 13.9 Å². The zero-order valence-corrected chi connectivity index (χ0v) is 15.1. The minimum Gasteiger partial charge on any atom is -0.507 e. The molecule has 2 rings (SSSR count). The Morgan fingerprint density at radius 1 is 1.26 bits per heavy atom. The maximum atomic E-state index is 12.4. The van der Waals surface area contributed by atoms with Crippen LogP contribution < -0.4 is 15.7 Å². The first-order valence-corrected chi connectivity index (χ1v) is 8.03. The smallest absolute Gasteiger partial charge is 0.354 e. The van der Waals surface area contributed by atoms with E-state index in [0.29, 0.717) is 11.4 Å². The van der Waals surface area contributed by atoms with Crippen molar-refractivity contribution in [1.29, 1.82) is 0 Å². The van der Waals surface area contributed by atoms with Gasteiger partial charge in [0.15, 0.2) is 5.78 Å². The highest BCUT2D eigenvalue weighted by atomic mass is 16.5. The molecule has 0 amide bonds. The van der Waals surface area contributed by atoms with Gasteiger partial charge >= 0.3 is 11.6 Å². The number of ketones is 1. The summed E-state index contributed by atoms with van der Waals surface area (Å²) in [7, 11) is 1.52. The van der Waals surface area contributed by atoms with Gasteiger partial charge in [0.25, 0.3) is 0 Å². The molecule has 0 unspecified atom stereocenters. The summed E-state index contributed by atoms with van der Waals surface area (Å²) in [6.07, 6.45) is 0.879. The molecule has 0 bridgehead atoms. The molecule has 0 saturated carbocycles. The number of aromatic hydroxyl groups is 1. The number of carbonyl (C=O) groups excluding carboxylic acids is 2. The van der Waals surface area contributed by atoms with E-state index < -0.39 is 28.7 Å². The minimum absolute atomic E-state index is 0.0899. The van der Waals surface area contributed by atoms with E-state index in [-0.39, 0.29) is 18.1 Å².